The number of alkyl halides is 1. The number of hydrogen-bond acceptors (Lipinski definition) is 2. The van der Waals surface area contributed by atoms with E-state index in [0.717, 1.165) is 0 Å². The van der Waals surface area contributed by atoms with Crippen molar-refractivity contribution in [2.75, 3.05) is 0 Å². The van der Waals surface area contributed by atoms with E-state index in [1.165, 1.54) is 0 Å². The van der Waals surface area contributed by atoms with Gasteiger partial charge in [0.05, 0.1) is 0 Å². The van der Waals surface area contributed by atoms with Crippen LogP contribution in [0.5, 0.6) is 0 Å². The number of halogens is 1. The molecule has 11 heavy (non-hydrogen) atoms. The van der Waals surface area contributed by atoms with Crippen molar-refractivity contribution in [3.8, 4) is 6.07 Å². The van der Waals surface area contributed by atoms with Gasteiger partial charge < -0.3 is 4.85 Å². The fourth-order valence-corrected chi connectivity index (χ4v) is 0.634. The second kappa shape index (κ2) is 2.80. The number of nitrogens with zero attached hydrogens (tertiary/aromatic N) is 3. The zero-order valence-electron chi connectivity index (χ0n) is 5.43. The van der Waals surface area contributed by atoms with Crippen LogP contribution in [0.25, 0.3) is 4.85 Å². The van der Waals surface area contributed by atoms with E-state index in [2.05, 4.69) is 14.8 Å². The third-order valence-electron chi connectivity index (χ3n) is 1.08. The summed E-state index contributed by atoms with van der Waals surface area (Å²) < 4.78 is 11.9. The Morgan fingerprint density at radius 1 is 1.82 bits per heavy atom. The average Bonchev–Trinajstić information content (AvgIpc) is 2.46. The summed E-state index contributed by atoms with van der Waals surface area (Å²) in [5, 5.41) is 8.36. The minimum Gasteiger partial charge on any atom is -0.361 e. The lowest BCUT2D eigenvalue weighted by atomic mass is 10.5. The van der Waals surface area contributed by atoms with Crippen LogP contribution in [-0.2, 0) is 6.67 Å². The van der Waals surface area contributed by atoms with Crippen LogP contribution in [0, 0.1) is 17.9 Å². The molecule has 0 spiro atoms. The number of aromatic nitrogens is 2. The molecule has 0 aliphatic rings. The van der Waals surface area contributed by atoms with Crippen LogP contribution in [0.3, 0.4) is 0 Å². The first-order chi connectivity index (χ1) is 5.31. The normalized spacial score (nSPS) is 8.64. The Hall–Kier alpha value is -1.88. The zero-order chi connectivity index (χ0) is 8.27. The number of nitriles is 1. The van der Waals surface area contributed by atoms with E-state index in [0.29, 0.717) is 0 Å². The number of H-pyrrole nitrogens is 1. The lowest BCUT2D eigenvalue weighted by Crippen LogP contribution is -1.79. The molecule has 0 aliphatic carbocycles. The van der Waals surface area contributed by atoms with Crippen molar-refractivity contribution in [1.82, 2.24) is 9.97 Å². The Morgan fingerprint density at radius 2 is 2.55 bits per heavy atom. The van der Waals surface area contributed by atoms with Gasteiger partial charge in [-0.1, -0.05) is 6.57 Å². The molecule has 0 aromatic carbocycles. The molecule has 4 nitrogen and oxygen atoms in total. The zero-order valence-corrected chi connectivity index (χ0v) is 5.43. The molecule has 1 aromatic rings. The van der Waals surface area contributed by atoms with Crippen LogP contribution >= 0.6 is 0 Å². The van der Waals surface area contributed by atoms with Gasteiger partial charge >= 0.3 is 0 Å². The van der Waals surface area contributed by atoms with Crippen molar-refractivity contribution >= 4 is 5.82 Å². The fraction of sp³-hybridized carbons (Fsp3) is 0.167. The highest BCUT2D eigenvalue weighted by atomic mass is 19.1. The van der Waals surface area contributed by atoms with Gasteiger partial charge in [-0.25, -0.2) is 9.37 Å². The van der Waals surface area contributed by atoms with Crippen molar-refractivity contribution in [3.63, 3.8) is 0 Å². The highest BCUT2D eigenvalue weighted by Crippen LogP contribution is 2.14. The quantitative estimate of drug-likeness (QED) is 0.613. The number of hydrogen-bond donors (Lipinski definition) is 1. The highest BCUT2D eigenvalue weighted by molar-refractivity contribution is 5.49. The van der Waals surface area contributed by atoms with Gasteiger partial charge in [0.2, 0.25) is 5.82 Å². The molecule has 0 aliphatic heterocycles. The molecule has 1 rings (SSSR count). The molecule has 0 radical (unpaired) electrons. The summed E-state index contributed by atoms with van der Waals surface area (Å²) in [5.41, 5.74) is -0.0485. The van der Waals surface area contributed by atoms with E-state index in [1.54, 1.807) is 6.07 Å². The second-order valence-corrected chi connectivity index (χ2v) is 1.74. The van der Waals surface area contributed by atoms with Crippen LogP contribution in [-0.4, -0.2) is 9.97 Å². The van der Waals surface area contributed by atoms with E-state index in [1.807, 2.05) is 0 Å². The molecule has 0 fully saturated rings. The number of aromatic amines is 1. The van der Waals surface area contributed by atoms with Gasteiger partial charge in [0.25, 0.3) is 5.82 Å². The smallest absolute Gasteiger partial charge is 0.265 e. The molecule has 0 saturated heterocycles. The molecule has 0 unspecified atom stereocenters. The third-order valence-corrected chi connectivity index (χ3v) is 1.08. The van der Waals surface area contributed by atoms with E-state index < -0.39 is 6.67 Å². The van der Waals surface area contributed by atoms with Crippen LogP contribution in [0.15, 0.2) is 0 Å². The number of imidazole rings is 1. The van der Waals surface area contributed by atoms with E-state index in [9.17, 15) is 4.39 Å². The van der Waals surface area contributed by atoms with Crippen molar-refractivity contribution in [3.05, 3.63) is 22.9 Å². The average molecular weight is 150 g/mol. The molecule has 0 amide bonds. The van der Waals surface area contributed by atoms with Gasteiger partial charge in [-0.3, -0.25) is 4.98 Å². The van der Waals surface area contributed by atoms with Gasteiger partial charge in [-0.05, 0) is 0 Å². The lowest BCUT2D eigenvalue weighted by Gasteiger charge is -1.77. The first-order valence-corrected chi connectivity index (χ1v) is 2.74. The van der Waals surface area contributed by atoms with Gasteiger partial charge in [-0.15, -0.1) is 0 Å². The van der Waals surface area contributed by atoms with Gasteiger partial charge in [0.1, 0.15) is 6.07 Å². The summed E-state index contributed by atoms with van der Waals surface area (Å²) in [6, 6.07) is 1.68. The van der Waals surface area contributed by atoms with Crippen molar-refractivity contribution < 1.29 is 4.39 Å². The van der Waals surface area contributed by atoms with E-state index >= 15 is 0 Å². The van der Waals surface area contributed by atoms with E-state index in [-0.39, 0.29) is 17.3 Å². The first kappa shape index (κ1) is 7.23. The standard InChI is InChI=1S/C6H3FN4/c1-9-6-4(3-8)10-5(2-7)11-6/h2H2,(H,10,11). The molecule has 1 heterocycles. The molecule has 0 saturated carbocycles. The van der Waals surface area contributed by atoms with E-state index in [4.69, 9.17) is 11.8 Å². The second-order valence-electron chi connectivity index (χ2n) is 1.74. The Bertz CT molecular complexity index is 309. The summed E-state index contributed by atoms with van der Waals surface area (Å²) in [6.07, 6.45) is 0. The molecule has 1 N–H and O–H groups in total. The lowest BCUT2D eigenvalue weighted by molar-refractivity contribution is 0.468. The van der Waals surface area contributed by atoms with Crippen LogP contribution in [0.1, 0.15) is 11.5 Å². The number of nitrogens with one attached hydrogen (secondary N) is 1. The van der Waals surface area contributed by atoms with Crippen molar-refractivity contribution in [2.45, 2.75) is 6.67 Å². The summed E-state index contributed by atoms with van der Waals surface area (Å²) in [7, 11) is 0. The summed E-state index contributed by atoms with van der Waals surface area (Å²) in [5.74, 6) is 0.0210. The summed E-state index contributed by atoms with van der Waals surface area (Å²) in [6.45, 7) is 5.77. The van der Waals surface area contributed by atoms with Crippen LogP contribution in [0.4, 0.5) is 10.2 Å². The highest BCUT2D eigenvalue weighted by Gasteiger charge is 2.08. The first-order valence-electron chi connectivity index (χ1n) is 2.74. The molecule has 1 aromatic heterocycles. The molecular weight excluding hydrogens is 147 g/mol. The van der Waals surface area contributed by atoms with Crippen molar-refractivity contribution in [1.29, 1.82) is 5.26 Å². The molecule has 5 heteroatoms. The fourth-order valence-electron chi connectivity index (χ4n) is 0.634. The Morgan fingerprint density at radius 3 is 2.91 bits per heavy atom. The van der Waals surface area contributed by atoms with Crippen LogP contribution < -0.4 is 0 Å². The predicted octanol–water partition coefficient (Wildman–Crippen LogP) is 1.30. The minimum absolute atomic E-state index is 0.000139. The number of rotatable bonds is 1. The van der Waals surface area contributed by atoms with Gasteiger partial charge in [-0.2, -0.15) is 5.26 Å². The summed E-state index contributed by atoms with van der Waals surface area (Å²) >= 11 is 0. The van der Waals surface area contributed by atoms with Crippen LogP contribution in [0.2, 0.25) is 0 Å². The Balaban J connectivity index is 3.18. The van der Waals surface area contributed by atoms with Crippen molar-refractivity contribution in [2.24, 2.45) is 0 Å². The maximum Gasteiger partial charge on any atom is 0.265 e. The molecule has 54 valence electrons. The maximum absolute atomic E-state index is 11.9. The monoisotopic (exact) mass is 150 g/mol. The molecular formula is C6H3FN4. The SMILES string of the molecule is [C-]#[N+]c1[nH]c(CF)nc1C#N. The Kier molecular flexibility index (Phi) is 1.84. The van der Waals surface area contributed by atoms with Gasteiger partial charge in [0.15, 0.2) is 12.4 Å². The maximum atomic E-state index is 11.9. The molecule has 0 bridgehead atoms. The molecule has 0 atom stereocenters. The predicted molar refractivity (Wildman–Crippen MR) is 34.4 cm³/mol. The Labute approximate surface area is 62.1 Å². The minimum atomic E-state index is -0.787. The van der Waals surface area contributed by atoms with Gasteiger partial charge in [0, 0.05) is 0 Å². The third kappa shape index (κ3) is 1.17. The summed E-state index contributed by atoms with van der Waals surface area (Å²) in [4.78, 5) is 8.83. The topological polar surface area (TPSA) is 56.8 Å². The largest absolute Gasteiger partial charge is 0.361 e.